The van der Waals surface area contributed by atoms with Crippen LogP contribution in [0.5, 0.6) is 0 Å². The van der Waals surface area contributed by atoms with E-state index in [1.54, 1.807) is 0 Å². The predicted octanol–water partition coefficient (Wildman–Crippen LogP) is 4.42. The molecule has 0 spiro atoms. The Bertz CT molecular complexity index is 654. The van der Waals surface area contributed by atoms with Crippen molar-refractivity contribution < 1.29 is 0 Å². The molecule has 3 heteroatoms. The van der Waals surface area contributed by atoms with Crippen molar-refractivity contribution in [2.45, 2.75) is 38.5 Å². The lowest BCUT2D eigenvalue weighted by molar-refractivity contribution is 0.623. The van der Waals surface area contributed by atoms with Crippen LogP contribution in [0.15, 0.2) is 36.4 Å². The average molecular weight is 284 g/mol. The monoisotopic (exact) mass is 284 g/mol. The molecular formula is C17H20N2S. The minimum Gasteiger partial charge on any atom is -0.346 e. The molecule has 1 saturated carbocycles. The number of rotatable bonds is 4. The molecule has 0 atom stereocenters. The summed E-state index contributed by atoms with van der Waals surface area (Å²) in [6.07, 6.45) is 3.32. The minimum atomic E-state index is 0.0712. The molecule has 2 aromatic rings. The van der Waals surface area contributed by atoms with Crippen LogP contribution in [0, 0.1) is 10.6 Å². The maximum Gasteiger partial charge on any atom is 0.130 e. The molecule has 104 valence electrons. The second kappa shape index (κ2) is 5.13. The van der Waals surface area contributed by atoms with Crippen LogP contribution in [0.25, 0.3) is 0 Å². The molecule has 0 saturated heterocycles. The van der Waals surface area contributed by atoms with E-state index < -0.39 is 0 Å². The summed E-state index contributed by atoms with van der Waals surface area (Å²) in [4.78, 5) is 8.15. The van der Waals surface area contributed by atoms with Crippen molar-refractivity contribution in [1.29, 1.82) is 0 Å². The number of benzene rings is 1. The smallest absolute Gasteiger partial charge is 0.130 e. The van der Waals surface area contributed by atoms with Crippen LogP contribution >= 0.6 is 12.2 Å². The van der Waals surface area contributed by atoms with E-state index in [0.29, 0.717) is 10.6 Å². The Morgan fingerprint density at radius 1 is 1.25 bits per heavy atom. The van der Waals surface area contributed by atoms with Crippen molar-refractivity contribution in [2.24, 2.45) is 5.92 Å². The van der Waals surface area contributed by atoms with Crippen LogP contribution in [-0.2, 0) is 11.8 Å². The van der Waals surface area contributed by atoms with Gasteiger partial charge in [0.2, 0.25) is 0 Å². The van der Waals surface area contributed by atoms with Gasteiger partial charge < -0.3 is 4.98 Å². The van der Waals surface area contributed by atoms with E-state index in [1.165, 1.54) is 11.3 Å². The van der Waals surface area contributed by atoms with Gasteiger partial charge in [0.25, 0.3) is 0 Å². The molecule has 0 radical (unpaired) electrons. The Morgan fingerprint density at radius 3 is 2.55 bits per heavy atom. The van der Waals surface area contributed by atoms with Crippen molar-refractivity contribution in [2.75, 3.05) is 0 Å². The number of hydrogen-bond acceptors (Lipinski definition) is 2. The van der Waals surface area contributed by atoms with Crippen molar-refractivity contribution in [3.8, 4) is 0 Å². The molecule has 1 aromatic carbocycles. The molecule has 1 aliphatic carbocycles. The first kappa shape index (κ1) is 13.5. The number of aromatic amines is 1. The van der Waals surface area contributed by atoms with Crippen molar-refractivity contribution >= 4 is 12.2 Å². The summed E-state index contributed by atoms with van der Waals surface area (Å²) in [5, 5.41) is 0. The molecular weight excluding hydrogens is 264 g/mol. The van der Waals surface area contributed by atoms with Crippen molar-refractivity contribution in [3.63, 3.8) is 0 Å². The molecule has 0 aliphatic heterocycles. The van der Waals surface area contributed by atoms with Crippen LogP contribution in [0.4, 0.5) is 0 Å². The predicted molar refractivity (Wildman–Crippen MR) is 84.4 cm³/mol. The highest BCUT2D eigenvalue weighted by molar-refractivity contribution is 7.71. The summed E-state index contributed by atoms with van der Waals surface area (Å²) in [7, 11) is 0. The van der Waals surface area contributed by atoms with E-state index in [-0.39, 0.29) is 5.41 Å². The first-order chi connectivity index (χ1) is 9.60. The van der Waals surface area contributed by atoms with E-state index in [2.05, 4.69) is 54.1 Å². The van der Waals surface area contributed by atoms with Gasteiger partial charge in [-0.1, -0.05) is 56.4 Å². The number of nitrogens with zero attached hydrogens (tertiary/aromatic N) is 1. The lowest BCUT2D eigenvalue weighted by atomic mass is 9.95. The van der Waals surface area contributed by atoms with Gasteiger partial charge in [0.1, 0.15) is 10.5 Å². The summed E-state index contributed by atoms with van der Waals surface area (Å²) in [6, 6.07) is 12.6. The topological polar surface area (TPSA) is 28.7 Å². The lowest BCUT2D eigenvalue weighted by Gasteiger charge is -2.17. The van der Waals surface area contributed by atoms with Gasteiger partial charge in [0.15, 0.2) is 0 Å². The number of H-pyrrole nitrogens is 1. The molecule has 1 aliphatic rings. The molecule has 1 heterocycles. The fraction of sp³-hybridized carbons (Fsp3) is 0.412. The molecule has 1 aromatic heterocycles. The highest BCUT2D eigenvalue weighted by Crippen LogP contribution is 2.52. The maximum absolute atomic E-state index is 5.36. The van der Waals surface area contributed by atoms with Crippen LogP contribution in [-0.4, -0.2) is 9.97 Å². The van der Waals surface area contributed by atoms with Gasteiger partial charge in [-0.3, -0.25) is 0 Å². The summed E-state index contributed by atoms with van der Waals surface area (Å²) >= 11 is 5.36. The highest BCUT2D eigenvalue weighted by atomic mass is 32.1. The SMILES string of the molecule is CC(C)Cc1cc(=S)nc(C2(c3ccccc3)CC2)[nH]1. The third kappa shape index (κ3) is 2.55. The number of aromatic nitrogens is 2. The first-order valence-corrected chi connectivity index (χ1v) is 7.67. The van der Waals surface area contributed by atoms with Gasteiger partial charge in [0.05, 0.1) is 5.41 Å². The molecule has 1 fully saturated rings. The zero-order valence-electron chi connectivity index (χ0n) is 12.0. The molecule has 3 rings (SSSR count). The molecule has 1 N–H and O–H groups in total. The van der Waals surface area contributed by atoms with Gasteiger partial charge in [-0.25, -0.2) is 4.98 Å². The molecule has 0 amide bonds. The molecule has 20 heavy (non-hydrogen) atoms. The number of nitrogens with one attached hydrogen (secondary N) is 1. The van der Waals surface area contributed by atoms with Gasteiger partial charge in [-0.2, -0.15) is 0 Å². The highest BCUT2D eigenvalue weighted by Gasteiger charge is 2.48. The summed E-state index contributed by atoms with van der Waals surface area (Å²) in [6.45, 7) is 4.45. The van der Waals surface area contributed by atoms with E-state index in [4.69, 9.17) is 12.2 Å². The summed E-state index contributed by atoms with van der Waals surface area (Å²) in [5.74, 6) is 1.66. The molecule has 0 unspecified atom stereocenters. The second-order valence-corrected chi connectivity index (χ2v) is 6.56. The summed E-state index contributed by atoms with van der Waals surface area (Å²) in [5.41, 5.74) is 2.62. The Hall–Kier alpha value is -1.48. The quantitative estimate of drug-likeness (QED) is 0.842. The van der Waals surface area contributed by atoms with E-state index in [1.807, 2.05) is 6.07 Å². The largest absolute Gasteiger partial charge is 0.346 e. The average Bonchev–Trinajstić information content (AvgIpc) is 3.19. The maximum atomic E-state index is 5.36. The van der Waals surface area contributed by atoms with Gasteiger partial charge in [0, 0.05) is 5.69 Å². The van der Waals surface area contributed by atoms with Crippen LogP contribution in [0.1, 0.15) is 43.8 Å². The Kier molecular flexibility index (Phi) is 3.47. The van der Waals surface area contributed by atoms with Crippen LogP contribution in [0.2, 0.25) is 0 Å². The van der Waals surface area contributed by atoms with E-state index >= 15 is 0 Å². The van der Waals surface area contributed by atoms with Crippen molar-refractivity contribution in [1.82, 2.24) is 9.97 Å². The second-order valence-electron chi connectivity index (χ2n) is 6.14. The first-order valence-electron chi connectivity index (χ1n) is 7.26. The van der Waals surface area contributed by atoms with Gasteiger partial charge in [-0.05, 0) is 36.8 Å². The standard InChI is InChI=1S/C17H20N2S/c1-12(2)10-14-11-15(20)19-16(18-14)17(8-9-17)13-6-4-3-5-7-13/h3-7,11-12H,8-10H2,1-2H3,(H,18,19,20). The summed E-state index contributed by atoms with van der Waals surface area (Å²) < 4.78 is 0.705. The van der Waals surface area contributed by atoms with Gasteiger partial charge in [-0.15, -0.1) is 0 Å². The van der Waals surface area contributed by atoms with E-state index in [9.17, 15) is 0 Å². The Balaban J connectivity index is 2.02. The fourth-order valence-corrected chi connectivity index (χ4v) is 3.06. The Labute approximate surface area is 125 Å². The molecule has 0 bridgehead atoms. The number of hydrogen-bond donors (Lipinski definition) is 1. The Morgan fingerprint density at radius 2 is 1.95 bits per heavy atom. The zero-order valence-corrected chi connectivity index (χ0v) is 12.8. The molecule has 2 nitrogen and oxygen atoms in total. The van der Waals surface area contributed by atoms with E-state index in [0.717, 1.165) is 25.1 Å². The third-order valence-electron chi connectivity index (χ3n) is 3.96. The lowest BCUT2D eigenvalue weighted by Crippen LogP contribution is -2.15. The minimum absolute atomic E-state index is 0.0712. The van der Waals surface area contributed by atoms with Crippen LogP contribution in [0.3, 0.4) is 0 Å². The van der Waals surface area contributed by atoms with Crippen LogP contribution < -0.4 is 0 Å². The van der Waals surface area contributed by atoms with Crippen molar-refractivity contribution in [3.05, 3.63) is 58.1 Å². The normalized spacial score (nSPS) is 16.4. The zero-order chi connectivity index (χ0) is 14.2. The van der Waals surface area contributed by atoms with Gasteiger partial charge >= 0.3 is 0 Å². The fourth-order valence-electron chi connectivity index (χ4n) is 2.83. The third-order valence-corrected chi connectivity index (χ3v) is 4.17.